The van der Waals surface area contributed by atoms with Gasteiger partial charge < -0.3 is 34.3 Å². The van der Waals surface area contributed by atoms with Gasteiger partial charge in [-0.05, 0) is 12.8 Å². The number of carbonyl (C=O) groups excluding carboxylic acids is 1. The van der Waals surface area contributed by atoms with E-state index in [0.717, 1.165) is 38.5 Å². The predicted octanol–water partition coefficient (Wildman–Crippen LogP) is 9.30. The minimum Gasteiger partial charge on any atom is -0.457 e. The number of esters is 1. The fraction of sp³-hybridized carbons (Fsp3) is 0.977. The van der Waals surface area contributed by atoms with Crippen LogP contribution in [0.25, 0.3) is 0 Å². The number of ether oxygens (including phenoxy) is 4. The Bertz CT molecular complexity index is 999. The maximum atomic E-state index is 12.8. The molecule has 1 fully saturated rings. The van der Waals surface area contributed by atoms with E-state index < -0.39 is 59.8 Å². The standard InChI is InChI=1S/C43H84O12S/c1-3-5-7-9-11-13-15-17-18-19-20-22-24-26-28-30-32-39(45)53-37(35-51-33-31-29-27-25-23-21-16-14-12-10-8-6-4-2)36-52-43-41(47)42(55-56(48,49)50)40(46)38(34-44)54-43/h37-38,40-44,46-47H,3-36H2,1-2H3,(H,48,49,50). The fourth-order valence-corrected chi connectivity index (χ4v) is 7.77. The van der Waals surface area contributed by atoms with Gasteiger partial charge in [-0.15, -0.1) is 0 Å². The summed E-state index contributed by atoms with van der Waals surface area (Å²) in [6.07, 6.45) is 27.0. The first-order valence-electron chi connectivity index (χ1n) is 22.8. The zero-order chi connectivity index (χ0) is 41.1. The third-order valence-electron chi connectivity index (χ3n) is 10.7. The number of hydrogen-bond donors (Lipinski definition) is 4. The molecule has 0 bridgehead atoms. The van der Waals surface area contributed by atoms with E-state index in [1.165, 1.54) is 141 Å². The zero-order valence-electron chi connectivity index (χ0n) is 35.5. The van der Waals surface area contributed by atoms with Crippen molar-refractivity contribution in [2.24, 2.45) is 0 Å². The van der Waals surface area contributed by atoms with E-state index in [9.17, 15) is 28.5 Å². The molecule has 334 valence electrons. The van der Waals surface area contributed by atoms with Gasteiger partial charge in [0.1, 0.15) is 30.5 Å². The highest BCUT2D eigenvalue weighted by atomic mass is 32.3. The largest absolute Gasteiger partial charge is 0.457 e. The number of carbonyl (C=O) groups is 1. The Labute approximate surface area is 341 Å². The van der Waals surface area contributed by atoms with E-state index >= 15 is 0 Å². The molecule has 0 spiro atoms. The molecule has 1 rings (SSSR count). The monoisotopic (exact) mass is 825 g/mol. The highest BCUT2D eigenvalue weighted by Crippen LogP contribution is 2.26. The smallest absolute Gasteiger partial charge is 0.397 e. The van der Waals surface area contributed by atoms with Crippen molar-refractivity contribution in [3.8, 4) is 0 Å². The summed E-state index contributed by atoms with van der Waals surface area (Å²) in [6.45, 7) is 4.02. The van der Waals surface area contributed by atoms with E-state index in [0.29, 0.717) is 13.0 Å². The molecule has 1 saturated heterocycles. The van der Waals surface area contributed by atoms with Gasteiger partial charge in [-0.2, -0.15) is 8.42 Å². The van der Waals surface area contributed by atoms with E-state index in [-0.39, 0.29) is 19.6 Å². The molecule has 0 saturated carbocycles. The van der Waals surface area contributed by atoms with Crippen LogP contribution in [0.5, 0.6) is 0 Å². The Morgan fingerprint density at radius 3 is 1.43 bits per heavy atom. The molecule has 1 aliphatic heterocycles. The van der Waals surface area contributed by atoms with Crippen LogP contribution >= 0.6 is 0 Å². The topological polar surface area (TPSA) is 178 Å². The quantitative estimate of drug-likeness (QED) is 0.0262. The van der Waals surface area contributed by atoms with E-state index in [2.05, 4.69) is 18.0 Å². The molecule has 56 heavy (non-hydrogen) atoms. The van der Waals surface area contributed by atoms with Crippen LogP contribution < -0.4 is 0 Å². The van der Waals surface area contributed by atoms with Crippen molar-refractivity contribution in [2.75, 3.05) is 26.4 Å². The van der Waals surface area contributed by atoms with Crippen molar-refractivity contribution >= 4 is 16.4 Å². The maximum absolute atomic E-state index is 12.8. The van der Waals surface area contributed by atoms with Gasteiger partial charge in [-0.3, -0.25) is 9.35 Å². The molecule has 6 unspecified atom stereocenters. The van der Waals surface area contributed by atoms with Crippen molar-refractivity contribution in [2.45, 2.75) is 243 Å². The van der Waals surface area contributed by atoms with Crippen LogP contribution in [0.3, 0.4) is 0 Å². The van der Waals surface area contributed by atoms with Gasteiger partial charge in [-0.25, -0.2) is 4.18 Å². The minimum absolute atomic E-state index is 0.0444. The molecule has 6 atom stereocenters. The van der Waals surface area contributed by atoms with Crippen LogP contribution in [0.4, 0.5) is 0 Å². The van der Waals surface area contributed by atoms with E-state index in [1.54, 1.807) is 0 Å². The number of rotatable bonds is 40. The lowest BCUT2D eigenvalue weighted by Gasteiger charge is -2.41. The molecular weight excluding hydrogens is 741 g/mol. The third kappa shape index (κ3) is 29.3. The summed E-state index contributed by atoms with van der Waals surface area (Å²) in [4.78, 5) is 12.8. The lowest BCUT2D eigenvalue weighted by atomic mass is 9.99. The Kier molecular flexibility index (Phi) is 34.1. The number of unbranched alkanes of at least 4 members (excludes halogenated alkanes) is 27. The zero-order valence-corrected chi connectivity index (χ0v) is 36.3. The molecule has 0 aromatic carbocycles. The van der Waals surface area contributed by atoms with Crippen LogP contribution in [0.2, 0.25) is 0 Å². The van der Waals surface area contributed by atoms with Gasteiger partial charge in [0.15, 0.2) is 6.29 Å². The van der Waals surface area contributed by atoms with E-state index in [4.69, 9.17) is 23.5 Å². The summed E-state index contributed by atoms with van der Waals surface area (Å²) < 4.78 is 59.0. The average molecular weight is 825 g/mol. The molecule has 13 heteroatoms. The minimum atomic E-state index is -5.05. The van der Waals surface area contributed by atoms with Crippen molar-refractivity contribution in [1.29, 1.82) is 0 Å². The highest BCUT2D eigenvalue weighted by molar-refractivity contribution is 7.80. The summed E-state index contributed by atoms with van der Waals surface area (Å²) in [5.74, 6) is -0.394. The molecule has 0 aromatic rings. The van der Waals surface area contributed by atoms with E-state index in [1.807, 2.05) is 0 Å². The fourth-order valence-electron chi connectivity index (χ4n) is 7.26. The van der Waals surface area contributed by atoms with Crippen LogP contribution in [0.1, 0.15) is 206 Å². The lowest BCUT2D eigenvalue weighted by molar-refractivity contribution is -0.301. The number of aliphatic hydroxyl groups excluding tert-OH is 3. The Morgan fingerprint density at radius 1 is 0.607 bits per heavy atom. The summed E-state index contributed by atoms with van der Waals surface area (Å²) in [5.41, 5.74) is 0. The molecule has 12 nitrogen and oxygen atoms in total. The maximum Gasteiger partial charge on any atom is 0.397 e. The molecule has 0 amide bonds. The average Bonchev–Trinajstić information content (AvgIpc) is 3.17. The Hall–Kier alpha value is -0.900. The first-order valence-corrected chi connectivity index (χ1v) is 24.2. The predicted molar refractivity (Wildman–Crippen MR) is 221 cm³/mol. The van der Waals surface area contributed by atoms with Crippen LogP contribution in [-0.2, 0) is 38.3 Å². The van der Waals surface area contributed by atoms with Gasteiger partial charge in [0.05, 0.1) is 19.8 Å². The van der Waals surface area contributed by atoms with Crippen molar-refractivity contribution in [3.05, 3.63) is 0 Å². The number of aliphatic hydroxyl groups is 3. The number of hydrogen-bond acceptors (Lipinski definition) is 11. The van der Waals surface area contributed by atoms with Crippen molar-refractivity contribution in [1.82, 2.24) is 0 Å². The molecule has 1 aliphatic rings. The second-order valence-electron chi connectivity index (χ2n) is 16.0. The van der Waals surface area contributed by atoms with Gasteiger partial charge in [-0.1, -0.05) is 187 Å². The normalized spacial score (nSPS) is 20.7. The Morgan fingerprint density at radius 2 is 1.02 bits per heavy atom. The summed E-state index contributed by atoms with van der Waals surface area (Å²) in [6, 6.07) is 0. The molecule has 0 aromatic heterocycles. The van der Waals surface area contributed by atoms with Crippen LogP contribution in [0, 0.1) is 0 Å². The summed E-state index contributed by atoms with van der Waals surface area (Å²) in [5, 5.41) is 30.6. The van der Waals surface area contributed by atoms with Crippen LogP contribution in [0.15, 0.2) is 0 Å². The molecule has 1 heterocycles. The lowest BCUT2D eigenvalue weighted by Crippen LogP contribution is -2.60. The first-order chi connectivity index (χ1) is 27.1. The summed E-state index contributed by atoms with van der Waals surface area (Å²) >= 11 is 0. The van der Waals surface area contributed by atoms with Gasteiger partial charge in [0, 0.05) is 13.0 Å². The molecular formula is C43H84O12S. The third-order valence-corrected chi connectivity index (χ3v) is 11.2. The summed E-state index contributed by atoms with van der Waals surface area (Å²) in [7, 11) is -5.05. The SMILES string of the molecule is CCCCCCCCCCCCCCCCCCC(=O)OC(COCCCCCCCCCCCCCCC)COC1OC(CO)C(O)C(OS(=O)(=O)O)C1O. The van der Waals surface area contributed by atoms with Crippen molar-refractivity contribution < 1.29 is 56.2 Å². The van der Waals surface area contributed by atoms with Crippen LogP contribution in [-0.4, -0.2) is 97.5 Å². The first kappa shape index (κ1) is 53.1. The van der Waals surface area contributed by atoms with Crippen molar-refractivity contribution in [3.63, 3.8) is 0 Å². The van der Waals surface area contributed by atoms with Gasteiger partial charge in [0.2, 0.25) is 0 Å². The molecule has 4 N–H and O–H groups in total. The Balaban J connectivity index is 2.41. The molecule has 0 radical (unpaired) electrons. The highest BCUT2D eigenvalue weighted by Gasteiger charge is 2.48. The van der Waals surface area contributed by atoms with Gasteiger partial charge in [0.25, 0.3) is 0 Å². The van der Waals surface area contributed by atoms with Gasteiger partial charge >= 0.3 is 16.4 Å². The molecule has 0 aliphatic carbocycles. The second kappa shape index (κ2) is 36.0. The second-order valence-corrected chi connectivity index (χ2v) is 17.1.